The largest absolute Gasteiger partial charge is 0.482 e. The van der Waals surface area contributed by atoms with Crippen molar-refractivity contribution in [1.29, 1.82) is 0 Å². The van der Waals surface area contributed by atoms with Gasteiger partial charge in [0.1, 0.15) is 5.75 Å². The lowest BCUT2D eigenvalue weighted by atomic mass is 10.1. The topological polar surface area (TPSA) is 46.5 Å². The second kappa shape index (κ2) is 6.25. The molecule has 0 spiro atoms. The predicted molar refractivity (Wildman–Crippen MR) is 73.8 cm³/mol. The molecule has 0 saturated heterocycles. The zero-order chi connectivity index (χ0) is 13.7. The molecule has 0 heterocycles. The third kappa shape index (κ3) is 4.30. The lowest BCUT2D eigenvalue weighted by Gasteiger charge is -2.05. The zero-order valence-electron chi connectivity index (χ0n) is 10.2. The van der Waals surface area contributed by atoms with Gasteiger partial charge in [0.05, 0.1) is 0 Å². The molecule has 19 heavy (non-hydrogen) atoms. The first-order valence-corrected chi connectivity index (χ1v) is 6.19. The standard InChI is InChI=1S/C15H13ClO3/c16-13-5-1-11(2-6-13)9-12-3-7-14(8-4-12)19-10-15(17)18/h1-8H,9-10H2,(H,17,18). The molecule has 0 fully saturated rings. The minimum absolute atomic E-state index is 0.323. The van der Waals surface area contributed by atoms with E-state index in [2.05, 4.69) is 0 Å². The highest BCUT2D eigenvalue weighted by molar-refractivity contribution is 6.30. The molecule has 4 heteroatoms. The van der Waals surface area contributed by atoms with Crippen LogP contribution in [0.3, 0.4) is 0 Å². The zero-order valence-corrected chi connectivity index (χ0v) is 10.9. The number of halogens is 1. The molecule has 0 aliphatic rings. The van der Waals surface area contributed by atoms with Gasteiger partial charge >= 0.3 is 5.97 Å². The summed E-state index contributed by atoms with van der Waals surface area (Å²) < 4.78 is 5.07. The van der Waals surface area contributed by atoms with Crippen molar-refractivity contribution in [1.82, 2.24) is 0 Å². The summed E-state index contributed by atoms with van der Waals surface area (Å²) in [5.41, 5.74) is 2.30. The fraction of sp³-hybridized carbons (Fsp3) is 0.133. The van der Waals surface area contributed by atoms with Crippen LogP contribution in [0, 0.1) is 0 Å². The number of benzene rings is 2. The number of hydrogen-bond donors (Lipinski definition) is 1. The number of carbonyl (C=O) groups is 1. The van der Waals surface area contributed by atoms with Crippen molar-refractivity contribution in [2.24, 2.45) is 0 Å². The van der Waals surface area contributed by atoms with Crippen molar-refractivity contribution < 1.29 is 14.6 Å². The van der Waals surface area contributed by atoms with Gasteiger partial charge in [0.2, 0.25) is 0 Å². The van der Waals surface area contributed by atoms with E-state index in [1.165, 1.54) is 5.56 Å². The molecule has 0 bridgehead atoms. The van der Waals surface area contributed by atoms with Crippen molar-refractivity contribution in [3.8, 4) is 5.75 Å². The van der Waals surface area contributed by atoms with Crippen molar-refractivity contribution in [2.45, 2.75) is 6.42 Å². The highest BCUT2D eigenvalue weighted by Gasteiger charge is 2.00. The Morgan fingerprint density at radius 2 is 1.53 bits per heavy atom. The Balaban J connectivity index is 1.98. The average Bonchev–Trinajstić information content (AvgIpc) is 2.40. The molecule has 0 aliphatic carbocycles. The fourth-order valence-corrected chi connectivity index (χ4v) is 1.81. The van der Waals surface area contributed by atoms with E-state index >= 15 is 0 Å². The third-order valence-electron chi connectivity index (χ3n) is 2.61. The first-order valence-electron chi connectivity index (χ1n) is 5.81. The molecular weight excluding hydrogens is 264 g/mol. The summed E-state index contributed by atoms with van der Waals surface area (Å²) >= 11 is 5.83. The number of hydrogen-bond acceptors (Lipinski definition) is 2. The van der Waals surface area contributed by atoms with E-state index in [-0.39, 0.29) is 6.61 Å². The van der Waals surface area contributed by atoms with Crippen LogP contribution < -0.4 is 4.74 Å². The van der Waals surface area contributed by atoms with E-state index in [9.17, 15) is 4.79 Å². The van der Waals surface area contributed by atoms with Crippen LogP contribution in [0.1, 0.15) is 11.1 Å². The van der Waals surface area contributed by atoms with E-state index in [0.717, 1.165) is 17.0 Å². The van der Waals surface area contributed by atoms with E-state index < -0.39 is 5.97 Å². The maximum absolute atomic E-state index is 10.4. The summed E-state index contributed by atoms with van der Waals surface area (Å²) in [5.74, 6) is -0.424. The normalized spacial score (nSPS) is 10.2. The van der Waals surface area contributed by atoms with Gasteiger partial charge in [-0.3, -0.25) is 0 Å². The number of ether oxygens (including phenoxy) is 1. The predicted octanol–water partition coefficient (Wildman–Crippen LogP) is 3.39. The Hall–Kier alpha value is -2.00. The minimum Gasteiger partial charge on any atom is -0.482 e. The molecule has 2 rings (SSSR count). The van der Waals surface area contributed by atoms with Gasteiger partial charge in [0, 0.05) is 5.02 Å². The van der Waals surface area contributed by atoms with Crippen molar-refractivity contribution >= 4 is 17.6 Å². The number of aliphatic carboxylic acids is 1. The van der Waals surface area contributed by atoms with Gasteiger partial charge in [0.25, 0.3) is 0 Å². The fourth-order valence-electron chi connectivity index (χ4n) is 1.69. The SMILES string of the molecule is O=C(O)COc1ccc(Cc2ccc(Cl)cc2)cc1. The van der Waals surface area contributed by atoms with E-state index in [0.29, 0.717) is 5.75 Å². The first-order chi connectivity index (χ1) is 9.13. The molecule has 0 radical (unpaired) electrons. The van der Waals surface area contributed by atoms with Crippen LogP contribution in [0.5, 0.6) is 5.75 Å². The summed E-state index contributed by atoms with van der Waals surface area (Å²) in [7, 11) is 0. The highest BCUT2D eigenvalue weighted by Crippen LogP contribution is 2.16. The summed E-state index contributed by atoms with van der Waals surface area (Å²) in [6.45, 7) is -0.323. The molecule has 0 saturated carbocycles. The van der Waals surface area contributed by atoms with Crippen LogP contribution in [0.15, 0.2) is 48.5 Å². The maximum Gasteiger partial charge on any atom is 0.341 e. The molecule has 98 valence electrons. The summed E-state index contributed by atoms with van der Waals surface area (Å²) in [5, 5.41) is 9.23. The van der Waals surface area contributed by atoms with E-state index in [1.807, 2.05) is 36.4 Å². The molecular formula is C15H13ClO3. The van der Waals surface area contributed by atoms with Crippen LogP contribution in [0.2, 0.25) is 5.02 Å². The number of carboxylic acids is 1. The molecule has 3 nitrogen and oxygen atoms in total. The summed E-state index contributed by atoms with van der Waals surface area (Å²) in [6, 6.07) is 15.1. The lowest BCUT2D eigenvalue weighted by Crippen LogP contribution is -2.09. The second-order valence-electron chi connectivity index (χ2n) is 4.13. The third-order valence-corrected chi connectivity index (χ3v) is 2.86. The average molecular weight is 277 g/mol. The molecule has 0 atom stereocenters. The monoisotopic (exact) mass is 276 g/mol. The quantitative estimate of drug-likeness (QED) is 0.910. The summed E-state index contributed by atoms with van der Waals surface area (Å²) in [4.78, 5) is 10.4. The van der Waals surface area contributed by atoms with Crippen molar-refractivity contribution in [2.75, 3.05) is 6.61 Å². The van der Waals surface area contributed by atoms with Gasteiger partial charge in [-0.2, -0.15) is 0 Å². The number of carboxylic acid groups (broad SMARTS) is 1. The Labute approximate surface area is 116 Å². The first kappa shape index (κ1) is 13.4. The van der Waals surface area contributed by atoms with Crippen LogP contribution >= 0.6 is 11.6 Å². The van der Waals surface area contributed by atoms with Gasteiger partial charge in [-0.15, -0.1) is 0 Å². The van der Waals surface area contributed by atoms with Gasteiger partial charge in [0.15, 0.2) is 6.61 Å². The van der Waals surface area contributed by atoms with Crippen LogP contribution in [0.25, 0.3) is 0 Å². The minimum atomic E-state index is -0.981. The molecule has 2 aromatic carbocycles. The molecule has 0 aliphatic heterocycles. The molecule has 2 aromatic rings. The Morgan fingerprint density at radius 3 is 2.05 bits per heavy atom. The van der Waals surface area contributed by atoms with Gasteiger partial charge in [-0.25, -0.2) is 4.79 Å². The van der Waals surface area contributed by atoms with Crippen LogP contribution in [-0.2, 0) is 11.2 Å². The van der Waals surface area contributed by atoms with Crippen LogP contribution in [0.4, 0.5) is 0 Å². The second-order valence-corrected chi connectivity index (χ2v) is 4.57. The molecule has 0 unspecified atom stereocenters. The Morgan fingerprint density at radius 1 is 1.00 bits per heavy atom. The maximum atomic E-state index is 10.4. The molecule has 0 aromatic heterocycles. The molecule has 1 N–H and O–H groups in total. The lowest BCUT2D eigenvalue weighted by molar-refractivity contribution is -0.139. The Bertz CT molecular complexity index is 547. The van der Waals surface area contributed by atoms with Crippen molar-refractivity contribution in [3.05, 3.63) is 64.7 Å². The van der Waals surface area contributed by atoms with Crippen molar-refractivity contribution in [3.63, 3.8) is 0 Å². The Kier molecular flexibility index (Phi) is 4.42. The van der Waals surface area contributed by atoms with E-state index in [1.54, 1.807) is 12.1 Å². The van der Waals surface area contributed by atoms with Gasteiger partial charge in [-0.05, 0) is 41.8 Å². The smallest absolute Gasteiger partial charge is 0.341 e. The molecule has 0 amide bonds. The van der Waals surface area contributed by atoms with Gasteiger partial charge in [-0.1, -0.05) is 35.9 Å². The summed E-state index contributed by atoms with van der Waals surface area (Å²) in [6.07, 6.45) is 0.802. The highest BCUT2D eigenvalue weighted by atomic mass is 35.5. The number of rotatable bonds is 5. The van der Waals surface area contributed by atoms with Crippen LogP contribution in [-0.4, -0.2) is 17.7 Å². The van der Waals surface area contributed by atoms with E-state index in [4.69, 9.17) is 21.4 Å². The van der Waals surface area contributed by atoms with Gasteiger partial charge < -0.3 is 9.84 Å².